The summed E-state index contributed by atoms with van der Waals surface area (Å²) in [5.41, 5.74) is 13.2. The SMILES string of the molecule is CC1(c2ccc(OC3CO3)cc2)CCC2(c3ccc(OC4CO4)cc3)CCC3(c4ccc(OC5CO5)cc4)CCC(C)(c4ccc(OC5CO5)cc4)c4ccc(OC5CO5)c(c4)Cc4cc3cc(c4OC3CO3)Cc3cc2cc(c3OC2CO2)Cc2cc1ccc2OC1CO1. The van der Waals surface area contributed by atoms with Crippen LogP contribution in [0.3, 0.4) is 0 Å². The van der Waals surface area contributed by atoms with Crippen LogP contribution in [0.15, 0.2) is 158 Å². The van der Waals surface area contributed by atoms with Crippen LogP contribution in [0.25, 0.3) is 0 Å². The average molecular weight is 1280 g/mol. The van der Waals surface area contributed by atoms with Crippen molar-refractivity contribution in [3.8, 4) is 46.0 Å². The summed E-state index contributed by atoms with van der Waals surface area (Å²) < 4.78 is 99.3. The minimum absolute atomic E-state index is 0.225. The van der Waals surface area contributed by atoms with Gasteiger partial charge in [0.1, 0.15) is 98.9 Å². The number of ether oxygens (including phenoxy) is 16. The van der Waals surface area contributed by atoms with Gasteiger partial charge in [-0.05, 0) is 177 Å². The Morgan fingerprint density at radius 1 is 0.253 bits per heavy atom. The zero-order valence-corrected chi connectivity index (χ0v) is 53.2. The van der Waals surface area contributed by atoms with Crippen LogP contribution in [-0.2, 0) is 78.8 Å². The Hall–Kier alpha value is -8.16. The molecule has 0 amide bonds. The van der Waals surface area contributed by atoms with Crippen LogP contribution in [0.1, 0.15) is 130 Å². The van der Waals surface area contributed by atoms with Crippen molar-refractivity contribution in [3.05, 3.63) is 236 Å². The topological polar surface area (TPSA) is 174 Å². The third-order valence-corrected chi connectivity index (χ3v) is 21.5. The standard InChI is InChI=1S/C79H74O16/c1-76(52-3-13-60(14-4-52)88-66-38-80-66)23-25-78(54-7-17-62(18-8-54)90-68-40-82-68)27-28-79(55-9-19-63(20-10-55)91-69-41-83-69)26-24-77(2,53-5-15-61(16-6-53)89-67-39-81-67)57-12-22-65(93-71-43-85-71)47(33-57)30-49-35-59(79)37-51(75(49)95-73-45-87-73)31-50-36-58(78)34-48(74(50)94-72-44-86-72)29-46-32-56(76)11-21-64(46)92-70-42-84-70/h3-22,32-37,66-73H,23-31,38-45H2,1-2H3. The van der Waals surface area contributed by atoms with Gasteiger partial charge in [0.15, 0.2) is 0 Å². The molecular formula is C79H74O16. The molecule has 0 N–H and O–H groups in total. The van der Waals surface area contributed by atoms with E-state index in [9.17, 15) is 0 Å². The molecule has 16 heteroatoms. The first-order valence-electron chi connectivity index (χ1n) is 33.8. The Kier molecular flexibility index (Phi) is 13.9. The number of rotatable bonds is 20. The summed E-state index contributed by atoms with van der Waals surface area (Å²) in [5.74, 6) is 6.21. The summed E-state index contributed by atoms with van der Waals surface area (Å²) >= 11 is 0. The van der Waals surface area contributed by atoms with Crippen molar-refractivity contribution in [2.45, 2.75) is 144 Å². The molecule has 0 saturated carbocycles. The van der Waals surface area contributed by atoms with Crippen molar-refractivity contribution in [2.75, 3.05) is 52.9 Å². The summed E-state index contributed by atoms with van der Waals surface area (Å²) in [5, 5.41) is 0. The number of epoxide rings is 8. The maximum absolute atomic E-state index is 7.25. The Morgan fingerprint density at radius 3 is 0.800 bits per heavy atom. The summed E-state index contributed by atoms with van der Waals surface area (Å²) in [4.78, 5) is 0. The van der Waals surface area contributed by atoms with Crippen molar-refractivity contribution in [1.82, 2.24) is 0 Å². The lowest BCUT2D eigenvalue weighted by molar-refractivity contribution is 0.174. The van der Waals surface area contributed by atoms with Gasteiger partial charge in [0.05, 0.1) is 0 Å². The zero-order valence-electron chi connectivity index (χ0n) is 53.2. The molecule has 8 aromatic rings. The van der Waals surface area contributed by atoms with Crippen molar-refractivity contribution in [3.63, 3.8) is 0 Å². The summed E-state index contributed by atoms with van der Waals surface area (Å²) in [6.45, 7) is 9.17. The first-order valence-corrected chi connectivity index (χ1v) is 33.8. The molecule has 95 heavy (non-hydrogen) atoms. The minimum Gasteiger partial charge on any atom is -0.462 e. The van der Waals surface area contributed by atoms with Gasteiger partial charge < -0.3 is 75.8 Å². The van der Waals surface area contributed by atoms with Crippen LogP contribution < -0.4 is 37.9 Å². The fraction of sp³-hybridized carbons (Fsp3) is 0.392. The van der Waals surface area contributed by atoms with E-state index in [1.165, 1.54) is 44.5 Å². The predicted octanol–water partition coefficient (Wildman–Crippen LogP) is 12.9. The molecule has 10 bridgehead atoms. The van der Waals surface area contributed by atoms with E-state index in [4.69, 9.17) is 75.8 Å². The van der Waals surface area contributed by atoms with Crippen molar-refractivity contribution in [2.24, 2.45) is 0 Å². The summed E-state index contributed by atoms with van der Waals surface area (Å²) in [7, 11) is 0. The lowest BCUT2D eigenvalue weighted by Crippen LogP contribution is -2.37. The highest BCUT2D eigenvalue weighted by atomic mass is 16.8. The lowest BCUT2D eigenvalue weighted by atomic mass is 9.59. The van der Waals surface area contributed by atoms with Gasteiger partial charge in [-0.15, -0.1) is 0 Å². The van der Waals surface area contributed by atoms with Gasteiger partial charge >= 0.3 is 0 Å². The zero-order chi connectivity index (χ0) is 63.0. The highest BCUT2D eigenvalue weighted by molar-refractivity contribution is 5.62. The molecular weight excluding hydrogens is 1200 g/mol. The molecule has 486 valence electrons. The van der Waals surface area contributed by atoms with Crippen LogP contribution in [0, 0.1) is 0 Å². The molecule has 0 radical (unpaired) electrons. The molecule has 12 atom stereocenters. The Bertz CT molecular complexity index is 3970. The molecule has 11 aliphatic rings. The number of benzene rings is 8. The molecule has 8 saturated heterocycles. The Morgan fingerprint density at radius 2 is 0.495 bits per heavy atom. The molecule has 8 fully saturated rings. The van der Waals surface area contributed by atoms with Gasteiger partial charge in [0, 0.05) is 40.9 Å². The largest absolute Gasteiger partial charge is 0.462 e. The predicted molar refractivity (Wildman–Crippen MR) is 345 cm³/mol. The van der Waals surface area contributed by atoms with E-state index < -0.39 is 34.2 Å². The number of fused-ring (bicyclic) bond motifs is 8. The number of hydrogen-bond acceptors (Lipinski definition) is 16. The van der Waals surface area contributed by atoms with Gasteiger partial charge in [-0.25, -0.2) is 0 Å². The van der Waals surface area contributed by atoms with E-state index in [0.29, 0.717) is 85.0 Å². The van der Waals surface area contributed by atoms with E-state index in [1.807, 2.05) is 0 Å². The number of hydrogen-bond donors (Lipinski definition) is 0. The minimum atomic E-state index is -0.681. The van der Waals surface area contributed by atoms with Crippen molar-refractivity contribution in [1.29, 1.82) is 0 Å². The highest BCUT2D eigenvalue weighted by Gasteiger charge is 2.48. The van der Waals surface area contributed by atoms with E-state index in [0.717, 1.165) is 105 Å². The summed E-state index contributed by atoms with van der Waals surface area (Å²) in [6, 6.07) is 58.7. The van der Waals surface area contributed by atoms with Crippen molar-refractivity contribution >= 4 is 0 Å². The molecule has 16 nitrogen and oxygen atoms in total. The van der Waals surface area contributed by atoms with Gasteiger partial charge in [0.25, 0.3) is 0 Å². The smallest absolute Gasteiger partial charge is 0.223 e. The molecule has 19 rings (SSSR count). The van der Waals surface area contributed by atoms with Crippen LogP contribution in [0.4, 0.5) is 0 Å². The van der Waals surface area contributed by atoms with Crippen LogP contribution in [0.5, 0.6) is 46.0 Å². The normalized spacial score (nSPS) is 30.6. The fourth-order valence-corrected chi connectivity index (χ4v) is 15.4. The van der Waals surface area contributed by atoms with E-state index in [1.54, 1.807) is 0 Å². The second-order valence-electron chi connectivity index (χ2n) is 27.9. The monoisotopic (exact) mass is 1280 g/mol. The maximum atomic E-state index is 7.25. The molecule has 8 aromatic carbocycles. The van der Waals surface area contributed by atoms with E-state index in [-0.39, 0.29) is 37.7 Å². The lowest BCUT2D eigenvalue weighted by Gasteiger charge is -2.45. The van der Waals surface area contributed by atoms with Gasteiger partial charge in [0.2, 0.25) is 50.3 Å². The Balaban J connectivity index is 0.864. The van der Waals surface area contributed by atoms with Crippen LogP contribution in [-0.4, -0.2) is 103 Å². The van der Waals surface area contributed by atoms with Gasteiger partial charge in [-0.3, -0.25) is 0 Å². The Labute approximate surface area is 551 Å². The highest BCUT2D eigenvalue weighted by Crippen LogP contribution is 2.57. The third-order valence-electron chi connectivity index (χ3n) is 21.5. The fourth-order valence-electron chi connectivity index (χ4n) is 15.4. The van der Waals surface area contributed by atoms with Gasteiger partial charge in [-0.1, -0.05) is 111 Å². The molecule has 8 heterocycles. The van der Waals surface area contributed by atoms with E-state index in [2.05, 4.69) is 172 Å². The van der Waals surface area contributed by atoms with E-state index >= 15 is 0 Å². The van der Waals surface area contributed by atoms with Crippen LogP contribution >= 0.6 is 0 Å². The first kappa shape index (κ1) is 58.2. The van der Waals surface area contributed by atoms with Crippen molar-refractivity contribution < 1.29 is 75.8 Å². The molecule has 0 aromatic heterocycles. The van der Waals surface area contributed by atoms with Gasteiger partial charge in [-0.2, -0.15) is 0 Å². The molecule has 12 unspecified atom stereocenters. The molecule has 8 aliphatic heterocycles. The molecule has 0 spiro atoms. The molecule has 3 aliphatic carbocycles. The summed E-state index contributed by atoms with van der Waals surface area (Å²) in [6.07, 6.45) is 3.35. The second-order valence-corrected chi connectivity index (χ2v) is 27.9. The quantitative estimate of drug-likeness (QED) is 0.0659. The average Bonchev–Trinajstić information content (AvgIpc) is 1.70. The first-order chi connectivity index (χ1) is 46.5. The third kappa shape index (κ3) is 11.7. The maximum Gasteiger partial charge on any atom is 0.223 e. The second kappa shape index (κ2) is 22.7. The van der Waals surface area contributed by atoms with Crippen LogP contribution in [0.2, 0.25) is 0 Å².